The quantitative estimate of drug-likeness (QED) is 0.697. The molecule has 1 fully saturated rings. The number of fused-ring (bicyclic) bond motifs is 1. The van der Waals surface area contributed by atoms with Crippen molar-refractivity contribution in [1.29, 1.82) is 0 Å². The fourth-order valence-electron chi connectivity index (χ4n) is 2.65. The Morgan fingerprint density at radius 2 is 1.96 bits per heavy atom. The molecule has 0 unspecified atom stereocenters. The number of morpholine rings is 1. The van der Waals surface area contributed by atoms with Crippen molar-refractivity contribution in [3.05, 3.63) is 47.5 Å². The number of hydrogen-bond donors (Lipinski definition) is 1. The van der Waals surface area contributed by atoms with Crippen LogP contribution in [0.15, 0.2) is 36.4 Å². The molecule has 0 bridgehead atoms. The summed E-state index contributed by atoms with van der Waals surface area (Å²) in [6.07, 6.45) is 3.95. The summed E-state index contributed by atoms with van der Waals surface area (Å²) in [6, 6.07) is 8.72. The lowest BCUT2D eigenvalue weighted by atomic mass is 10.0. The zero-order valence-corrected chi connectivity index (χ0v) is 12.6. The minimum Gasteiger partial charge on any atom is -0.507 e. The van der Waals surface area contributed by atoms with E-state index in [-0.39, 0.29) is 17.2 Å². The second-order valence-electron chi connectivity index (χ2n) is 5.37. The fourth-order valence-corrected chi connectivity index (χ4v) is 2.65. The predicted octanol–water partition coefficient (Wildman–Crippen LogP) is 2.23. The van der Waals surface area contributed by atoms with Gasteiger partial charge < -0.3 is 14.7 Å². The highest BCUT2D eigenvalue weighted by Gasteiger charge is 2.14. The zero-order chi connectivity index (χ0) is 16.2. The van der Waals surface area contributed by atoms with Crippen LogP contribution in [0.25, 0.3) is 16.8 Å². The van der Waals surface area contributed by atoms with Gasteiger partial charge in [0.2, 0.25) is 5.91 Å². The van der Waals surface area contributed by atoms with Crippen LogP contribution in [-0.4, -0.2) is 48.5 Å². The van der Waals surface area contributed by atoms with Gasteiger partial charge >= 0.3 is 0 Å². The van der Waals surface area contributed by atoms with Crippen molar-refractivity contribution in [3.63, 3.8) is 0 Å². The summed E-state index contributed by atoms with van der Waals surface area (Å²) >= 11 is 0. The SMILES string of the molecule is O=Cc1c(O)ccc2cc(/C=C/C(=O)N3CCOCC3)ccc12. The van der Waals surface area contributed by atoms with E-state index in [1.807, 2.05) is 12.1 Å². The first kappa shape index (κ1) is 15.2. The monoisotopic (exact) mass is 311 g/mol. The second-order valence-corrected chi connectivity index (χ2v) is 5.37. The Morgan fingerprint density at radius 3 is 2.70 bits per heavy atom. The first-order valence-electron chi connectivity index (χ1n) is 7.44. The molecule has 0 aliphatic carbocycles. The van der Waals surface area contributed by atoms with Crippen LogP contribution < -0.4 is 0 Å². The molecule has 5 heteroatoms. The second kappa shape index (κ2) is 6.62. The standard InChI is InChI=1S/C18H17NO4/c20-12-16-15-4-1-13(11-14(15)3-5-17(16)21)2-6-18(22)19-7-9-23-10-8-19/h1-6,11-12,21H,7-10H2/b6-2+. The van der Waals surface area contributed by atoms with Crippen LogP contribution in [0, 0.1) is 0 Å². The summed E-state index contributed by atoms with van der Waals surface area (Å²) < 4.78 is 5.23. The van der Waals surface area contributed by atoms with Crippen molar-refractivity contribution in [1.82, 2.24) is 4.90 Å². The number of rotatable bonds is 3. The Kier molecular flexibility index (Phi) is 4.39. The number of phenolic OH excluding ortho intramolecular Hbond substituents is 1. The molecule has 1 N–H and O–H groups in total. The predicted molar refractivity (Wildman–Crippen MR) is 87.4 cm³/mol. The number of benzene rings is 2. The topological polar surface area (TPSA) is 66.8 Å². The fraction of sp³-hybridized carbons (Fsp3) is 0.222. The first-order chi connectivity index (χ1) is 11.2. The highest BCUT2D eigenvalue weighted by molar-refractivity contribution is 6.01. The van der Waals surface area contributed by atoms with Crippen molar-refractivity contribution in [3.8, 4) is 5.75 Å². The molecule has 5 nitrogen and oxygen atoms in total. The van der Waals surface area contributed by atoms with E-state index in [9.17, 15) is 14.7 Å². The van der Waals surface area contributed by atoms with E-state index >= 15 is 0 Å². The van der Waals surface area contributed by atoms with Crippen LogP contribution in [0.3, 0.4) is 0 Å². The number of nitrogens with zero attached hydrogens (tertiary/aromatic N) is 1. The molecule has 0 spiro atoms. The maximum absolute atomic E-state index is 12.1. The molecule has 0 aromatic heterocycles. The molecular weight excluding hydrogens is 294 g/mol. The van der Waals surface area contributed by atoms with Crippen LogP contribution in [-0.2, 0) is 9.53 Å². The van der Waals surface area contributed by atoms with E-state index in [1.165, 1.54) is 6.07 Å². The molecule has 2 aromatic rings. The maximum atomic E-state index is 12.1. The number of hydrogen-bond acceptors (Lipinski definition) is 4. The highest BCUT2D eigenvalue weighted by atomic mass is 16.5. The third-order valence-electron chi connectivity index (χ3n) is 3.92. The van der Waals surface area contributed by atoms with Gasteiger partial charge in [-0.15, -0.1) is 0 Å². The van der Waals surface area contributed by atoms with Gasteiger partial charge in [-0.3, -0.25) is 9.59 Å². The minimum absolute atomic E-state index is 0.0294. The van der Waals surface area contributed by atoms with Crippen molar-refractivity contribution in [2.45, 2.75) is 0 Å². The van der Waals surface area contributed by atoms with Gasteiger partial charge in [-0.1, -0.05) is 18.2 Å². The molecule has 0 radical (unpaired) electrons. The summed E-state index contributed by atoms with van der Waals surface area (Å²) in [4.78, 5) is 24.9. The van der Waals surface area contributed by atoms with Gasteiger partial charge in [0, 0.05) is 19.2 Å². The number of aldehydes is 1. The van der Waals surface area contributed by atoms with Gasteiger partial charge in [-0.25, -0.2) is 0 Å². The summed E-state index contributed by atoms with van der Waals surface area (Å²) in [5, 5.41) is 11.2. The summed E-state index contributed by atoms with van der Waals surface area (Å²) in [7, 11) is 0. The number of carbonyl (C=O) groups is 2. The molecule has 1 aliphatic heterocycles. The van der Waals surface area contributed by atoms with Gasteiger partial charge in [0.1, 0.15) is 5.75 Å². The lowest BCUT2D eigenvalue weighted by Crippen LogP contribution is -2.39. The third kappa shape index (κ3) is 3.24. The zero-order valence-electron chi connectivity index (χ0n) is 12.6. The van der Waals surface area contributed by atoms with Gasteiger partial charge in [0.15, 0.2) is 6.29 Å². The van der Waals surface area contributed by atoms with Crippen molar-refractivity contribution in [2.24, 2.45) is 0 Å². The third-order valence-corrected chi connectivity index (χ3v) is 3.92. The summed E-state index contributed by atoms with van der Waals surface area (Å²) in [6.45, 7) is 2.38. The van der Waals surface area contributed by atoms with Crippen LogP contribution in [0.1, 0.15) is 15.9 Å². The van der Waals surface area contributed by atoms with Crippen molar-refractivity contribution < 1.29 is 19.4 Å². The van der Waals surface area contributed by atoms with E-state index in [4.69, 9.17) is 4.74 Å². The lowest BCUT2D eigenvalue weighted by molar-refractivity contribution is -0.129. The van der Waals surface area contributed by atoms with E-state index in [0.717, 1.165) is 10.9 Å². The minimum atomic E-state index is -0.0346. The van der Waals surface area contributed by atoms with E-state index < -0.39 is 0 Å². The van der Waals surface area contributed by atoms with E-state index in [1.54, 1.807) is 29.2 Å². The smallest absolute Gasteiger partial charge is 0.246 e. The normalized spacial score (nSPS) is 15.2. The molecule has 118 valence electrons. The van der Waals surface area contributed by atoms with Gasteiger partial charge in [0.25, 0.3) is 0 Å². The lowest BCUT2D eigenvalue weighted by Gasteiger charge is -2.25. The average Bonchev–Trinajstić information content (AvgIpc) is 2.60. The van der Waals surface area contributed by atoms with E-state index in [0.29, 0.717) is 38.0 Å². The Morgan fingerprint density at radius 1 is 1.17 bits per heavy atom. The number of carbonyl (C=O) groups excluding carboxylic acids is 2. The van der Waals surface area contributed by atoms with Gasteiger partial charge in [0.05, 0.1) is 18.8 Å². The van der Waals surface area contributed by atoms with Crippen LogP contribution >= 0.6 is 0 Å². The van der Waals surface area contributed by atoms with Crippen molar-refractivity contribution >= 4 is 29.0 Å². The molecule has 0 saturated carbocycles. The number of ether oxygens (including phenoxy) is 1. The highest BCUT2D eigenvalue weighted by Crippen LogP contribution is 2.26. The molecule has 1 aliphatic rings. The molecule has 1 heterocycles. The van der Waals surface area contributed by atoms with Crippen LogP contribution in [0.4, 0.5) is 0 Å². The summed E-state index contributed by atoms with van der Waals surface area (Å²) in [5.74, 6) is -0.0639. The van der Waals surface area contributed by atoms with Gasteiger partial charge in [-0.05, 0) is 34.5 Å². The first-order valence-corrected chi connectivity index (χ1v) is 7.44. The Labute approximate surface area is 133 Å². The Hall–Kier alpha value is -2.66. The van der Waals surface area contributed by atoms with Gasteiger partial charge in [-0.2, -0.15) is 0 Å². The van der Waals surface area contributed by atoms with Crippen LogP contribution in [0.5, 0.6) is 5.75 Å². The molecule has 1 saturated heterocycles. The largest absolute Gasteiger partial charge is 0.507 e. The molecule has 23 heavy (non-hydrogen) atoms. The Bertz CT molecular complexity index is 776. The van der Waals surface area contributed by atoms with E-state index in [2.05, 4.69) is 0 Å². The maximum Gasteiger partial charge on any atom is 0.246 e. The molecule has 1 amide bonds. The molecule has 3 rings (SSSR count). The molecule has 0 atom stereocenters. The Balaban J connectivity index is 1.83. The number of amides is 1. The van der Waals surface area contributed by atoms with Crippen LogP contribution in [0.2, 0.25) is 0 Å². The molecule has 2 aromatic carbocycles. The number of aromatic hydroxyl groups is 1. The average molecular weight is 311 g/mol. The van der Waals surface area contributed by atoms with Crippen molar-refractivity contribution in [2.75, 3.05) is 26.3 Å². The molecular formula is C18H17NO4. The number of phenols is 1. The summed E-state index contributed by atoms with van der Waals surface area (Å²) in [5.41, 5.74) is 1.14.